The van der Waals surface area contributed by atoms with E-state index in [-0.39, 0.29) is 0 Å². The van der Waals surface area contributed by atoms with Gasteiger partial charge in [0.25, 0.3) is 0 Å². The molecule has 0 aromatic heterocycles. The first kappa shape index (κ1) is 18.7. The summed E-state index contributed by atoms with van der Waals surface area (Å²) in [5.74, 6) is 4.13. The second-order valence-electron chi connectivity index (χ2n) is 7.63. The number of rotatable bonds is 6. The summed E-state index contributed by atoms with van der Waals surface area (Å²) >= 11 is 0. The van der Waals surface area contributed by atoms with Crippen LogP contribution in [-0.4, -0.2) is 0 Å². The van der Waals surface area contributed by atoms with Crippen molar-refractivity contribution in [3.8, 4) is 23.2 Å². The molecule has 0 saturated heterocycles. The van der Waals surface area contributed by atoms with Crippen molar-refractivity contribution in [2.75, 3.05) is 0 Å². The molecule has 136 valence electrons. The Balaban J connectivity index is 1.57. The molecule has 0 amide bonds. The average Bonchev–Trinajstić information content (AvgIpc) is 2.70. The molecule has 0 aliphatic heterocycles. The van der Waals surface area contributed by atoms with Crippen LogP contribution in [0.3, 0.4) is 0 Å². The maximum atomic E-state index is 12.1. The lowest BCUT2D eigenvalue weighted by Crippen LogP contribution is -2.13. The standard InChI is InChI=1S/C25H29F/c1-2-3-4-5-20-6-10-22(11-7-20)24-14-16-25(17-15-24)23-12-8-21(9-13-23)18-19-26/h8-9,12-17,20,22H,2-7,10-11H2,1H3/t20-,22-. The minimum atomic E-state index is 0.712. The summed E-state index contributed by atoms with van der Waals surface area (Å²) in [4.78, 5) is 0. The van der Waals surface area contributed by atoms with Gasteiger partial charge in [0, 0.05) is 5.56 Å². The average molecular weight is 349 g/mol. The summed E-state index contributed by atoms with van der Waals surface area (Å²) in [6.07, 6.45) is 12.5. The van der Waals surface area contributed by atoms with Crippen LogP contribution in [0.2, 0.25) is 0 Å². The highest BCUT2D eigenvalue weighted by Gasteiger charge is 2.21. The van der Waals surface area contributed by atoms with Crippen LogP contribution in [-0.2, 0) is 0 Å². The molecule has 0 atom stereocenters. The Morgan fingerprint density at radius 2 is 1.46 bits per heavy atom. The van der Waals surface area contributed by atoms with Crippen molar-refractivity contribution in [3.05, 3.63) is 59.7 Å². The third-order valence-corrected chi connectivity index (χ3v) is 5.85. The number of hydrogen-bond acceptors (Lipinski definition) is 0. The third kappa shape index (κ3) is 4.98. The first-order valence-electron chi connectivity index (χ1n) is 10.1. The molecule has 0 unspecified atom stereocenters. The van der Waals surface area contributed by atoms with Crippen molar-refractivity contribution in [2.24, 2.45) is 5.92 Å². The van der Waals surface area contributed by atoms with Gasteiger partial charge in [0.2, 0.25) is 0 Å². The fourth-order valence-electron chi connectivity index (χ4n) is 4.22. The molecule has 0 bridgehead atoms. The van der Waals surface area contributed by atoms with Crippen molar-refractivity contribution in [2.45, 2.75) is 64.2 Å². The lowest BCUT2D eigenvalue weighted by atomic mass is 9.77. The number of benzene rings is 2. The topological polar surface area (TPSA) is 0 Å². The van der Waals surface area contributed by atoms with Gasteiger partial charge in [-0.15, -0.1) is 4.39 Å². The van der Waals surface area contributed by atoms with Crippen LogP contribution in [0.1, 0.15) is 75.3 Å². The van der Waals surface area contributed by atoms with Crippen LogP contribution >= 0.6 is 0 Å². The van der Waals surface area contributed by atoms with E-state index in [1.807, 2.05) is 24.3 Å². The monoisotopic (exact) mass is 348 g/mol. The first-order chi connectivity index (χ1) is 12.8. The molecule has 0 nitrogen and oxygen atoms in total. The van der Waals surface area contributed by atoms with Crippen molar-refractivity contribution < 1.29 is 4.39 Å². The van der Waals surface area contributed by atoms with Crippen LogP contribution in [0.4, 0.5) is 4.39 Å². The van der Waals surface area contributed by atoms with Crippen molar-refractivity contribution in [1.29, 1.82) is 0 Å². The maximum absolute atomic E-state index is 12.1. The van der Waals surface area contributed by atoms with Crippen LogP contribution in [0.15, 0.2) is 48.5 Å². The molecular formula is C25H29F. The van der Waals surface area contributed by atoms with E-state index in [9.17, 15) is 4.39 Å². The van der Waals surface area contributed by atoms with Gasteiger partial charge in [0.05, 0.1) is 0 Å². The fraction of sp³-hybridized carbons (Fsp3) is 0.440. The summed E-state index contributed by atoms with van der Waals surface area (Å²) in [6, 6.07) is 16.8. The van der Waals surface area contributed by atoms with E-state index in [0.717, 1.165) is 17.4 Å². The van der Waals surface area contributed by atoms with E-state index in [1.54, 1.807) is 0 Å². The molecule has 1 aliphatic rings. The van der Waals surface area contributed by atoms with Gasteiger partial charge in [-0.3, -0.25) is 0 Å². The van der Waals surface area contributed by atoms with E-state index in [1.165, 1.54) is 68.7 Å². The molecule has 1 aliphatic carbocycles. The van der Waals surface area contributed by atoms with Gasteiger partial charge >= 0.3 is 0 Å². The normalized spacial score (nSPS) is 19.6. The molecule has 1 saturated carbocycles. The maximum Gasteiger partial charge on any atom is 0.111 e. The van der Waals surface area contributed by atoms with Crippen molar-refractivity contribution in [3.63, 3.8) is 0 Å². The zero-order chi connectivity index (χ0) is 18.2. The second kappa shape index (κ2) is 9.58. The summed E-state index contributed by atoms with van der Waals surface area (Å²) in [5, 5.41) is 0. The van der Waals surface area contributed by atoms with Gasteiger partial charge in [0.1, 0.15) is 6.17 Å². The Hall–Kier alpha value is -2.07. The Labute approximate surface area is 157 Å². The summed E-state index contributed by atoms with van der Waals surface area (Å²) in [7, 11) is 0. The second-order valence-corrected chi connectivity index (χ2v) is 7.63. The van der Waals surface area contributed by atoms with Gasteiger partial charge in [-0.05, 0) is 72.3 Å². The third-order valence-electron chi connectivity index (χ3n) is 5.85. The zero-order valence-electron chi connectivity index (χ0n) is 15.8. The Morgan fingerprint density at radius 3 is 2.04 bits per heavy atom. The summed E-state index contributed by atoms with van der Waals surface area (Å²) in [6.45, 7) is 2.28. The van der Waals surface area contributed by atoms with Crippen LogP contribution in [0, 0.1) is 18.0 Å². The molecule has 1 heteroatoms. The predicted octanol–water partition coefficient (Wildman–Crippen LogP) is 7.49. The summed E-state index contributed by atoms with van der Waals surface area (Å²) < 4.78 is 12.1. The SMILES string of the molecule is CCCCC[C@H]1CC[C@H](c2ccc(-c3ccc(C#CF)cc3)cc2)CC1. The van der Waals surface area contributed by atoms with Gasteiger partial charge < -0.3 is 0 Å². The van der Waals surface area contributed by atoms with E-state index >= 15 is 0 Å². The molecule has 0 N–H and O–H groups in total. The fourth-order valence-corrected chi connectivity index (χ4v) is 4.22. The van der Waals surface area contributed by atoms with Crippen LogP contribution in [0.5, 0.6) is 0 Å². The molecule has 26 heavy (non-hydrogen) atoms. The number of hydrogen-bond donors (Lipinski definition) is 0. The Bertz CT molecular complexity index is 722. The molecule has 3 rings (SSSR count). The molecular weight excluding hydrogens is 319 g/mol. The first-order valence-corrected chi connectivity index (χ1v) is 10.1. The highest BCUT2D eigenvalue weighted by atomic mass is 19.1. The predicted molar refractivity (Wildman–Crippen MR) is 109 cm³/mol. The largest absolute Gasteiger partial charge is 0.144 e. The van der Waals surface area contributed by atoms with Gasteiger partial charge in [-0.1, -0.05) is 69.0 Å². The minimum Gasteiger partial charge on any atom is -0.144 e. The molecule has 0 heterocycles. The lowest BCUT2D eigenvalue weighted by Gasteiger charge is -2.29. The zero-order valence-corrected chi connectivity index (χ0v) is 15.8. The smallest absolute Gasteiger partial charge is 0.111 e. The lowest BCUT2D eigenvalue weighted by molar-refractivity contribution is 0.303. The van der Waals surface area contributed by atoms with Crippen molar-refractivity contribution in [1.82, 2.24) is 0 Å². The molecule has 2 aromatic carbocycles. The molecule has 2 aromatic rings. The highest BCUT2D eigenvalue weighted by Crippen LogP contribution is 2.38. The molecule has 0 radical (unpaired) electrons. The molecule has 1 fully saturated rings. The van der Waals surface area contributed by atoms with Crippen LogP contribution < -0.4 is 0 Å². The quantitative estimate of drug-likeness (QED) is 0.375. The van der Waals surface area contributed by atoms with Gasteiger partial charge in [0.15, 0.2) is 0 Å². The molecule has 0 spiro atoms. The van der Waals surface area contributed by atoms with E-state index < -0.39 is 0 Å². The van der Waals surface area contributed by atoms with Crippen LogP contribution in [0.25, 0.3) is 11.1 Å². The highest BCUT2D eigenvalue weighted by molar-refractivity contribution is 5.64. The number of halogens is 1. The van der Waals surface area contributed by atoms with Gasteiger partial charge in [-0.25, -0.2) is 0 Å². The van der Waals surface area contributed by atoms with E-state index in [4.69, 9.17) is 0 Å². The minimum absolute atomic E-state index is 0.712. The van der Waals surface area contributed by atoms with E-state index in [0.29, 0.717) is 5.56 Å². The Morgan fingerprint density at radius 1 is 0.846 bits per heavy atom. The Kier molecular flexibility index (Phi) is 6.89. The summed E-state index contributed by atoms with van der Waals surface area (Å²) in [5.41, 5.74) is 4.56. The van der Waals surface area contributed by atoms with Gasteiger partial charge in [-0.2, -0.15) is 0 Å². The number of unbranched alkanes of at least 4 members (excludes halogenated alkanes) is 2. The van der Waals surface area contributed by atoms with Crippen molar-refractivity contribution >= 4 is 0 Å². The van der Waals surface area contributed by atoms with E-state index in [2.05, 4.69) is 37.1 Å².